The van der Waals surface area contributed by atoms with Gasteiger partial charge >= 0.3 is 0 Å². The van der Waals surface area contributed by atoms with E-state index < -0.39 is 4.92 Å². The number of hydrogen-bond donors (Lipinski definition) is 1. The number of benzene rings is 1. The van der Waals surface area contributed by atoms with E-state index in [1.807, 2.05) is 0 Å². The zero-order valence-corrected chi connectivity index (χ0v) is 7.21. The summed E-state index contributed by atoms with van der Waals surface area (Å²) < 4.78 is 0. The molecule has 14 heavy (non-hydrogen) atoms. The molecule has 0 fully saturated rings. The number of fused-ring (bicyclic) bond motifs is 1. The lowest BCUT2D eigenvalue weighted by Crippen LogP contribution is -1.94. The van der Waals surface area contributed by atoms with Gasteiger partial charge in [0.1, 0.15) is 11.0 Å². The monoisotopic (exact) mass is 194 g/mol. The molecule has 0 saturated heterocycles. The van der Waals surface area contributed by atoms with Crippen molar-refractivity contribution in [3.63, 3.8) is 0 Å². The molecule has 7 heteroatoms. The Morgan fingerprint density at radius 2 is 2.29 bits per heavy atom. The third-order valence-electron chi connectivity index (χ3n) is 1.92. The maximum Gasteiger partial charge on any atom is 0.272 e. The molecular formula is C7H6N4O3. The lowest BCUT2D eigenvalue weighted by molar-refractivity contribution is -0.384. The minimum Gasteiger partial charge on any atom is -0.410 e. The summed E-state index contributed by atoms with van der Waals surface area (Å²) in [5.41, 5.74) is 1.21. The molecule has 0 saturated carbocycles. The molecule has 0 aliphatic heterocycles. The van der Waals surface area contributed by atoms with Crippen molar-refractivity contribution in [1.82, 2.24) is 15.2 Å². The Kier molecular flexibility index (Phi) is 1.60. The summed E-state index contributed by atoms with van der Waals surface area (Å²) in [4.78, 5) is 10.5. The summed E-state index contributed by atoms with van der Waals surface area (Å²) in [5, 5.41) is 26.7. The summed E-state index contributed by atoms with van der Waals surface area (Å²) in [7, 11) is 0. The first-order valence-electron chi connectivity index (χ1n) is 3.79. The summed E-state index contributed by atoms with van der Waals surface area (Å²) in [6.45, 7) is 1.67. The summed E-state index contributed by atoms with van der Waals surface area (Å²) >= 11 is 0. The molecule has 1 aromatic carbocycles. The molecule has 7 nitrogen and oxygen atoms in total. The molecule has 0 radical (unpaired) electrons. The molecule has 0 bridgehead atoms. The second kappa shape index (κ2) is 2.66. The van der Waals surface area contributed by atoms with Crippen molar-refractivity contribution in [1.29, 1.82) is 0 Å². The van der Waals surface area contributed by atoms with E-state index in [0.29, 0.717) is 15.9 Å². The highest BCUT2D eigenvalue weighted by Crippen LogP contribution is 2.22. The van der Waals surface area contributed by atoms with Crippen molar-refractivity contribution in [2.45, 2.75) is 6.92 Å². The van der Waals surface area contributed by atoms with Gasteiger partial charge in [0.15, 0.2) is 0 Å². The van der Waals surface area contributed by atoms with Gasteiger partial charge in [-0.2, -0.15) is 0 Å². The molecule has 0 atom stereocenters. The molecule has 0 unspecified atom stereocenters. The quantitative estimate of drug-likeness (QED) is 0.413. The molecule has 0 aliphatic carbocycles. The van der Waals surface area contributed by atoms with Crippen LogP contribution in [0.2, 0.25) is 0 Å². The molecule has 2 aromatic rings. The van der Waals surface area contributed by atoms with Crippen LogP contribution in [0.5, 0.6) is 0 Å². The number of nitro benzene ring substituents is 1. The number of nitro groups is 1. The number of non-ortho nitro benzene ring substituents is 1. The molecule has 1 N–H and O–H groups in total. The van der Waals surface area contributed by atoms with Crippen LogP contribution < -0.4 is 0 Å². The highest BCUT2D eigenvalue weighted by atomic mass is 16.6. The topological polar surface area (TPSA) is 94.1 Å². The molecule has 0 spiro atoms. The van der Waals surface area contributed by atoms with Crippen LogP contribution in [0.25, 0.3) is 11.0 Å². The van der Waals surface area contributed by atoms with Crippen LogP contribution in [0.15, 0.2) is 12.1 Å². The Morgan fingerprint density at radius 3 is 2.93 bits per heavy atom. The summed E-state index contributed by atoms with van der Waals surface area (Å²) in [6, 6.07) is 2.61. The molecule has 2 rings (SSSR count). The van der Waals surface area contributed by atoms with Crippen LogP contribution >= 0.6 is 0 Å². The lowest BCUT2D eigenvalue weighted by atomic mass is 10.2. The van der Waals surface area contributed by atoms with Gasteiger partial charge in [-0.1, -0.05) is 4.85 Å². The van der Waals surface area contributed by atoms with E-state index in [1.165, 1.54) is 12.1 Å². The fourth-order valence-electron chi connectivity index (χ4n) is 1.27. The Balaban J connectivity index is 2.82. The van der Waals surface area contributed by atoms with Crippen molar-refractivity contribution in [3.05, 3.63) is 27.8 Å². The van der Waals surface area contributed by atoms with Gasteiger partial charge in [-0.3, -0.25) is 10.1 Å². The maximum atomic E-state index is 10.5. The minimum absolute atomic E-state index is 0.0902. The van der Waals surface area contributed by atoms with Gasteiger partial charge in [0, 0.05) is 12.1 Å². The third-order valence-corrected chi connectivity index (χ3v) is 1.92. The fourth-order valence-corrected chi connectivity index (χ4v) is 1.27. The Morgan fingerprint density at radius 1 is 1.57 bits per heavy atom. The average molecular weight is 194 g/mol. The number of rotatable bonds is 1. The second-order valence-corrected chi connectivity index (χ2v) is 2.87. The first-order valence-corrected chi connectivity index (χ1v) is 3.79. The first-order chi connectivity index (χ1) is 6.59. The molecule has 0 amide bonds. The third kappa shape index (κ3) is 1.06. The van der Waals surface area contributed by atoms with E-state index in [2.05, 4.69) is 10.3 Å². The number of aryl methyl sites for hydroxylation is 1. The molecular weight excluding hydrogens is 188 g/mol. The SMILES string of the molecule is Cc1cc([N+](=O)[O-])cc2c1nnn2O. The molecule has 1 aromatic heterocycles. The zero-order valence-electron chi connectivity index (χ0n) is 7.21. The number of nitrogens with zero attached hydrogens (tertiary/aromatic N) is 4. The van der Waals surface area contributed by atoms with Crippen LogP contribution in [-0.4, -0.2) is 25.3 Å². The van der Waals surface area contributed by atoms with E-state index in [4.69, 9.17) is 5.21 Å². The zero-order chi connectivity index (χ0) is 10.3. The van der Waals surface area contributed by atoms with Crippen molar-refractivity contribution in [3.8, 4) is 0 Å². The van der Waals surface area contributed by atoms with Gasteiger partial charge in [0.05, 0.1) is 4.92 Å². The van der Waals surface area contributed by atoms with Crippen molar-refractivity contribution < 1.29 is 10.1 Å². The van der Waals surface area contributed by atoms with Crippen LogP contribution in [0.1, 0.15) is 5.56 Å². The predicted octanol–water partition coefficient (Wildman–Crippen LogP) is 0.885. The highest BCUT2D eigenvalue weighted by Gasteiger charge is 2.13. The van der Waals surface area contributed by atoms with Gasteiger partial charge in [0.2, 0.25) is 0 Å². The van der Waals surface area contributed by atoms with Crippen LogP contribution in [0.4, 0.5) is 5.69 Å². The number of aromatic nitrogens is 3. The van der Waals surface area contributed by atoms with Crippen molar-refractivity contribution in [2.75, 3.05) is 0 Å². The van der Waals surface area contributed by atoms with Gasteiger partial charge < -0.3 is 5.21 Å². The van der Waals surface area contributed by atoms with Gasteiger partial charge in [-0.25, -0.2) is 0 Å². The van der Waals surface area contributed by atoms with Crippen LogP contribution in [-0.2, 0) is 0 Å². The van der Waals surface area contributed by atoms with E-state index >= 15 is 0 Å². The lowest BCUT2D eigenvalue weighted by Gasteiger charge is -1.95. The van der Waals surface area contributed by atoms with Crippen molar-refractivity contribution in [2.24, 2.45) is 0 Å². The standard InChI is InChI=1S/C7H6N4O3/c1-4-2-5(11(13)14)3-6-7(4)8-9-10(6)12/h2-3,12H,1H3. The highest BCUT2D eigenvalue weighted by molar-refractivity contribution is 5.80. The van der Waals surface area contributed by atoms with E-state index in [1.54, 1.807) is 6.92 Å². The fraction of sp³-hybridized carbons (Fsp3) is 0.143. The van der Waals surface area contributed by atoms with E-state index in [-0.39, 0.29) is 11.2 Å². The Hall–Kier alpha value is -2.18. The average Bonchev–Trinajstić information content (AvgIpc) is 2.48. The maximum absolute atomic E-state index is 10.5. The second-order valence-electron chi connectivity index (χ2n) is 2.87. The Labute approximate surface area is 77.7 Å². The van der Waals surface area contributed by atoms with Crippen LogP contribution in [0, 0.1) is 17.0 Å². The Bertz CT molecular complexity index is 519. The van der Waals surface area contributed by atoms with E-state index in [0.717, 1.165) is 0 Å². The molecule has 0 aliphatic rings. The van der Waals surface area contributed by atoms with Gasteiger partial charge in [-0.15, -0.1) is 5.10 Å². The van der Waals surface area contributed by atoms with Crippen molar-refractivity contribution >= 4 is 16.7 Å². The predicted molar refractivity (Wildman–Crippen MR) is 46.1 cm³/mol. The normalized spacial score (nSPS) is 10.6. The summed E-state index contributed by atoms with van der Waals surface area (Å²) in [6.07, 6.45) is 0. The molecule has 1 heterocycles. The summed E-state index contributed by atoms with van der Waals surface area (Å²) in [5.74, 6) is 0. The first kappa shape index (κ1) is 8.42. The van der Waals surface area contributed by atoms with Gasteiger partial charge in [-0.05, 0) is 17.7 Å². The van der Waals surface area contributed by atoms with Crippen LogP contribution in [0.3, 0.4) is 0 Å². The smallest absolute Gasteiger partial charge is 0.272 e. The van der Waals surface area contributed by atoms with Gasteiger partial charge in [0.25, 0.3) is 5.69 Å². The largest absolute Gasteiger partial charge is 0.410 e. The number of hydrogen-bond acceptors (Lipinski definition) is 5. The van der Waals surface area contributed by atoms with E-state index in [9.17, 15) is 10.1 Å². The minimum atomic E-state index is -0.528. The molecule has 72 valence electrons.